The molecule has 1 aromatic carbocycles. The first-order valence-corrected chi connectivity index (χ1v) is 8.48. The Kier molecular flexibility index (Phi) is 5.18. The van der Waals surface area contributed by atoms with E-state index in [4.69, 9.17) is 9.47 Å². The zero-order valence-corrected chi connectivity index (χ0v) is 14.0. The van der Waals surface area contributed by atoms with Crippen LogP contribution in [0, 0.1) is 5.92 Å². The summed E-state index contributed by atoms with van der Waals surface area (Å²) in [6, 6.07) is 6.39. The lowest BCUT2D eigenvalue weighted by atomic mass is 9.98. The summed E-state index contributed by atoms with van der Waals surface area (Å²) in [4.78, 5) is 13.8. The topological polar surface area (TPSA) is 50.8 Å². The number of hydrogen-bond donors (Lipinski definition) is 1. The van der Waals surface area contributed by atoms with Crippen LogP contribution < -0.4 is 14.8 Å². The lowest BCUT2D eigenvalue weighted by Gasteiger charge is -2.35. The molecule has 1 saturated heterocycles. The predicted octanol–water partition coefficient (Wildman–Crippen LogP) is 2.37. The van der Waals surface area contributed by atoms with Crippen LogP contribution >= 0.6 is 0 Å². The summed E-state index contributed by atoms with van der Waals surface area (Å²) in [7, 11) is 1.62. The van der Waals surface area contributed by atoms with Crippen LogP contribution in [0.2, 0.25) is 0 Å². The molecule has 23 heavy (non-hydrogen) atoms. The van der Waals surface area contributed by atoms with E-state index >= 15 is 0 Å². The third-order valence-electron chi connectivity index (χ3n) is 4.67. The fraction of sp³-hybridized carbons (Fsp3) is 0.611. The molecule has 0 aromatic heterocycles. The normalized spacial score (nSPS) is 20.1. The Labute approximate surface area is 137 Å². The average Bonchev–Trinajstić information content (AvgIpc) is 3.37. The molecule has 0 radical (unpaired) electrons. The summed E-state index contributed by atoms with van der Waals surface area (Å²) in [5.74, 6) is 1.66. The van der Waals surface area contributed by atoms with Gasteiger partial charge in [-0.2, -0.15) is 0 Å². The van der Waals surface area contributed by atoms with E-state index in [1.54, 1.807) is 7.11 Å². The average molecular weight is 318 g/mol. The van der Waals surface area contributed by atoms with Crippen LogP contribution in [-0.4, -0.2) is 44.2 Å². The van der Waals surface area contributed by atoms with E-state index in [1.807, 2.05) is 12.1 Å². The highest BCUT2D eigenvalue weighted by Crippen LogP contribution is 2.41. The smallest absolute Gasteiger partial charge is 0.308 e. The van der Waals surface area contributed by atoms with Crippen LogP contribution in [0.5, 0.6) is 11.5 Å². The molecule has 1 saturated carbocycles. The molecule has 0 amide bonds. The molecule has 1 aliphatic carbocycles. The van der Waals surface area contributed by atoms with E-state index in [9.17, 15) is 4.79 Å². The van der Waals surface area contributed by atoms with Crippen LogP contribution in [0.4, 0.5) is 0 Å². The number of rotatable bonds is 6. The monoisotopic (exact) mass is 318 g/mol. The van der Waals surface area contributed by atoms with Crippen molar-refractivity contribution in [3.8, 4) is 11.5 Å². The molecule has 1 N–H and O–H groups in total. The summed E-state index contributed by atoms with van der Waals surface area (Å²) in [6.45, 7) is 5.65. The molecule has 126 valence electrons. The number of nitrogens with zero attached hydrogens (tertiary/aromatic N) is 1. The first kappa shape index (κ1) is 16.3. The fourth-order valence-electron chi connectivity index (χ4n) is 3.29. The highest BCUT2D eigenvalue weighted by molar-refractivity contribution is 5.70. The molecule has 1 aliphatic heterocycles. The lowest BCUT2D eigenvalue weighted by Crippen LogP contribution is -2.45. The third-order valence-corrected chi connectivity index (χ3v) is 4.67. The van der Waals surface area contributed by atoms with Crippen molar-refractivity contribution in [3.63, 3.8) is 0 Å². The summed E-state index contributed by atoms with van der Waals surface area (Å²) < 4.78 is 10.7. The molecule has 0 unspecified atom stereocenters. The number of methoxy groups -OCH3 is 1. The van der Waals surface area contributed by atoms with Gasteiger partial charge >= 0.3 is 5.97 Å². The van der Waals surface area contributed by atoms with Gasteiger partial charge in [0.25, 0.3) is 0 Å². The van der Waals surface area contributed by atoms with Crippen LogP contribution in [0.15, 0.2) is 18.2 Å². The first-order chi connectivity index (χ1) is 11.2. The fourth-order valence-corrected chi connectivity index (χ4v) is 3.29. The second-order valence-corrected chi connectivity index (χ2v) is 6.48. The van der Waals surface area contributed by atoms with Gasteiger partial charge in [0.15, 0.2) is 11.5 Å². The number of piperazine rings is 1. The standard InChI is InChI=1S/C18H26N2O3/c1-13(21)23-17-6-5-15(12-18(17)22-2)16(11-14-3-4-14)20-9-7-19-8-10-20/h5-6,12,14,16,19H,3-4,7-11H2,1-2H3/t16-/m1/s1. The second-order valence-electron chi connectivity index (χ2n) is 6.48. The number of ether oxygens (including phenoxy) is 2. The van der Waals surface area contributed by atoms with Gasteiger partial charge < -0.3 is 14.8 Å². The van der Waals surface area contributed by atoms with Gasteiger partial charge in [0.2, 0.25) is 0 Å². The Bertz CT molecular complexity index is 551. The Morgan fingerprint density at radius 3 is 2.65 bits per heavy atom. The molecule has 1 heterocycles. The van der Waals surface area contributed by atoms with E-state index in [-0.39, 0.29) is 5.97 Å². The van der Waals surface area contributed by atoms with Crippen molar-refractivity contribution < 1.29 is 14.3 Å². The van der Waals surface area contributed by atoms with Crippen molar-refractivity contribution in [3.05, 3.63) is 23.8 Å². The lowest BCUT2D eigenvalue weighted by molar-refractivity contribution is -0.132. The van der Waals surface area contributed by atoms with Crippen molar-refractivity contribution in [2.45, 2.75) is 32.2 Å². The molecule has 0 bridgehead atoms. The maximum atomic E-state index is 11.2. The molecule has 0 spiro atoms. The number of carbonyl (C=O) groups excluding carboxylic acids is 1. The largest absolute Gasteiger partial charge is 0.493 e. The molecule has 2 fully saturated rings. The minimum atomic E-state index is -0.326. The molecular formula is C18H26N2O3. The molecule has 2 aliphatic rings. The minimum Gasteiger partial charge on any atom is -0.493 e. The van der Waals surface area contributed by atoms with Crippen LogP contribution in [-0.2, 0) is 4.79 Å². The maximum Gasteiger partial charge on any atom is 0.308 e. The quantitative estimate of drug-likeness (QED) is 0.644. The summed E-state index contributed by atoms with van der Waals surface area (Å²) in [5, 5.41) is 3.42. The SMILES string of the molecule is COc1cc([C@@H](CC2CC2)N2CCNCC2)ccc1OC(C)=O. The van der Waals surface area contributed by atoms with E-state index in [0.717, 1.165) is 32.1 Å². The Hall–Kier alpha value is -1.59. The third kappa shape index (κ3) is 4.24. The molecule has 5 nitrogen and oxygen atoms in total. The summed E-state index contributed by atoms with van der Waals surface area (Å²) >= 11 is 0. The van der Waals surface area contributed by atoms with Crippen molar-refractivity contribution in [2.75, 3.05) is 33.3 Å². The number of nitrogens with one attached hydrogen (secondary N) is 1. The van der Waals surface area contributed by atoms with Crippen LogP contribution in [0.25, 0.3) is 0 Å². The zero-order chi connectivity index (χ0) is 16.2. The molecule has 5 heteroatoms. The molecule has 1 aromatic rings. The number of esters is 1. The summed E-state index contributed by atoms with van der Waals surface area (Å²) in [5.41, 5.74) is 1.26. The van der Waals surface area contributed by atoms with Crippen molar-refractivity contribution >= 4 is 5.97 Å². The Balaban J connectivity index is 1.83. The van der Waals surface area contributed by atoms with Gasteiger partial charge in [0, 0.05) is 39.1 Å². The molecular weight excluding hydrogens is 292 g/mol. The zero-order valence-electron chi connectivity index (χ0n) is 14.0. The van der Waals surface area contributed by atoms with Crippen LogP contribution in [0.1, 0.15) is 37.8 Å². The number of hydrogen-bond acceptors (Lipinski definition) is 5. The van der Waals surface area contributed by atoms with Gasteiger partial charge in [0.1, 0.15) is 0 Å². The van der Waals surface area contributed by atoms with E-state index in [1.165, 1.54) is 31.7 Å². The molecule has 1 atom stereocenters. The minimum absolute atomic E-state index is 0.326. The van der Waals surface area contributed by atoms with Crippen LogP contribution in [0.3, 0.4) is 0 Å². The van der Waals surface area contributed by atoms with Gasteiger partial charge in [-0.15, -0.1) is 0 Å². The van der Waals surface area contributed by atoms with E-state index in [2.05, 4.69) is 16.3 Å². The van der Waals surface area contributed by atoms with Crippen molar-refractivity contribution in [1.82, 2.24) is 10.2 Å². The Morgan fingerprint density at radius 2 is 2.04 bits per heavy atom. The van der Waals surface area contributed by atoms with Gasteiger partial charge in [0.05, 0.1) is 7.11 Å². The van der Waals surface area contributed by atoms with Crippen molar-refractivity contribution in [2.24, 2.45) is 5.92 Å². The summed E-state index contributed by atoms with van der Waals surface area (Å²) in [6.07, 6.45) is 3.91. The van der Waals surface area contributed by atoms with E-state index in [0.29, 0.717) is 17.5 Å². The second kappa shape index (κ2) is 7.32. The number of benzene rings is 1. The van der Waals surface area contributed by atoms with Gasteiger partial charge in [-0.05, 0) is 30.0 Å². The van der Waals surface area contributed by atoms with E-state index < -0.39 is 0 Å². The van der Waals surface area contributed by atoms with Gasteiger partial charge in [-0.1, -0.05) is 18.9 Å². The van der Waals surface area contributed by atoms with Gasteiger partial charge in [-0.3, -0.25) is 9.69 Å². The maximum absolute atomic E-state index is 11.2. The highest BCUT2D eigenvalue weighted by Gasteiger charge is 2.31. The highest BCUT2D eigenvalue weighted by atomic mass is 16.6. The predicted molar refractivity (Wildman–Crippen MR) is 88.8 cm³/mol. The number of carbonyl (C=O) groups is 1. The van der Waals surface area contributed by atoms with Crippen molar-refractivity contribution in [1.29, 1.82) is 0 Å². The first-order valence-electron chi connectivity index (χ1n) is 8.48. The molecule has 3 rings (SSSR count). The Morgan fingerprint density at radius 1 is 1.30 bits per heavy atom. The van der Waals surface area contributed by atoms with Gasteiger partial charge in [-0.25, -0.2) is 0 Å².